The van der Waals surface area contributed by atoms with Crippen LogP contribution in [0.5, 0.6) is 5.88 Å². The minimum Gasteiger partial charge on any atom is -0.492 e. The largest absolute Gasteiger partial charge is 0.492 e. The monoisotopic (exact) mass is 259 g/mol. The predicted octanol–water partition coefficient (Wildman–Crippen LogP) is 2.06. The number of carboxylic acid groups (broad SMARTS) is 1. The van der Waals surface area contributed by atoms with Crippen LogP contribution >= 0.6 is 0 Å². The van der Waals surface area contributed by atoms with E-state index < -0.39 is 5.97 Å². The van der Waals surface area contributed by atoms with Gasteiger partial charge in [-0.1, -0.05) is 18.2 Å². The van der Waals surface area contributed by atoms with Gasteiger partial charge in [-0.3, -0.25) is 9.79 Å². The Morgan fingerprint density at radius 3 is 2.74 bits per heavy atom. The summed E-state index contributed by atoms with van der Waals surface area (Å²) in [7, 11) is 0. The molecular weight excluding hydrogens is 246 g/mol. The highest BCUT2D eigenvalue weighted by Crippen LogP contribution is 2.31. The summed E-state index contributed by atoms with van der Waals surface area (Å²) in [6.45, 7) is 1.70. The van der Waals surface area contributed by atoms with E-state index in [9.17, 15) is 9.90 Å². The van der Waals surface area contributed by atoms with Crippen molar-refractivity contribution in [1.82, 2.24) is 9.78 Å². The molecule has 6 nitrogen and oxygen atoms in total. The number of aromatic nitrogens is 2. The molecule has 19 heavy (non-hydrogen) atoms. The summed E-state index contributed by atoms with van der Waals surface area (Å²) in [6, 6.07) is 9.13. The van der Waals surface area contributed by atoms with E-state index in [1.807, 2.05) is 18.2 Å². The minimum atomic E-state index is -0.976. The maximum Gasteiger partial charge on any atom is 0.308 e. The van der Waals surface area contributed by atoms with Gasteiger partial charge in [-0.25, -0.2) is 0 Å². The molecule has 0 aliphatic carbocycles. The normalized spacial score (nSPS) is 11.0. The lowest BCUT2D eigenvalue weighted by Crippen LogP contribution is -1.95. The second-order valence-electron chi connectivity index (χ2n) is 3.91. The first-order valence-electron chi connectivity index (χ1n) is 5.68. The highest BCUT2D eigenvalue weighted by molar-refractivity contribution is 5.86. The van der Waals surface area contributed by atoms with Crippen molar-refractivity contribution in [2.24, 2.45) is 4.99 Å². The molecule has 1 heterocycles. The van der Waals surface area contributed by atoms with Crippen LogP contribution in [-0.2, 0) is 4.79 Å². The van der Waals surface area contributed by atoms with Crippen LogP contribution in [0.4, 0.5) is 5.69 Å². The average Bonchev–Trinajstić information content (AvgIpc) is 2.67. The number of hydrogen-bond donors (Lipinski definition) is 2. The minimum absolute atomic E-state index is 0.106. The molecule has 0 fully saturated rings. The average molecular weight is 259 g/mol. The molecular formula is C13H13N3O3. The van der Waals surface area contributed by atoms with Crippen molar-refractivity contribution in [2.45, 2.75) is 13.3 Å². The Morgan fingerprint density at radius 1 is 1.42 bits per heavy atom. The Bertz CT molecular complexity index is 618. The van der Waals surface area contributed by atoms with Crippen molar-refractivity contribution >= 4 is 17.9 Å². The van der Waals surface area contributed by atoms with Gasteiger partial charge in [0.1, 0.15) is 5.69 Å². The summed E-state index contributed by atoms with van der Waals surface area (Å²) in [6.07, 6.45) is 1.04. The highest BCUT2D eigenvalue weighted by Gasteiger charge is 2.14. The van der Waals surface area contributed by atoms with Gasteiger partial charge in [0.25, 0.3) is 0 Å². The van der Waals surface area contributed by atoms with Gasteiger partial charge in [0.2, 0.25) is 5.88 Å². The summed E-state index contributed by atoms with van der Waals surface area (Å²) < 4.78 is 1.36. The van der Waals surface area contributed by atoms with E-state index in [2.05, 4.69) is 10.1 Å². The standard InChI is InChI=1S/C13H13N3O3/c1-9-12(14-8-7-11(17)18)13(19)16(15-9)10-5-3-2-4-6-10/h2-6,8,19H,7H2,1H3,(H,17,18)/b14-8+. The van der Waals surface area contributed by atoms with Crippen LogP contribution in [-0.4, -0.2) is 32.2 Å². The molecule has 0 saturated heterocycles. The summed E-state index contributed by atoms with van der Waals surface area (Å²) >= 11 is 0. The van der Waals surface area contributed by atoms with Crippen molar-refractivity contribution in [3.05, 3.63) is 36.0 Å². The molecule has 0 bridgehead atoms. The van der Waals surface area contributed by atoms with Gasteiger partial charge < -0.3 is 10.2 Å². The first kappa shape index (κ1) is 12.8. The quantitative estimate of drug-likeness (QED) is 0.823. The fourth-order valence-corrected chi connectivity index (χ4v) is 1.62. The van der Waals surface area contributed by atoms with E-state index in [0.29, 0.717) is 11.4 Å². The zero-order valence-electron chi connectivity index (χ0n) is 10.3. The second-order valence-corrected chi connectivity index (χ2v) is 3.91. The number of aliphatic imine (C=N–C) groups is 1. The first-order valence-corrected chi connectivity index (χ1v) is 5.68. The fraction of sp³-hybridized carbons (Fsp3) is 0.154. The molecule has 0 amide bonds. The number of aliphatic carboxylic acids is 1. The van der Waals surface area contributed by atoms with Crippen LogP contribution in [0.15, 0.2) is 35.3 Å². The molecule has 1 aromatic heterocycles. The van der Waals surface area contributed by atoms with Gasteiger partial charge in [0.15, 0.2) is 0 Å². The number of hydrogen-bond acceptors (Lipinski definition) is 4. The van der Waals surface area contributed by atoms with Crippen molar-refractivity contribution in [1.29, 1.82) is 0 Å². The molecule has 2 aromatic rings. The van der Waals surface area contributed by atoms with E-state index >= 15 is 0 Å². The van der Waals surface area contributed by atoms with E-state index in [4.69, 9.17) is 5.11 Å². The molecule has 2 rings (SSSR count). The van der Waals surface area contributed by atoms with Crippen molar-refractivity contribution in [3.63, 3.8) is 0 Å². The van der Waals surface area contributed by atoms with E-state index in [1.54, 1.807) is 19.1 Å². The Morgan fingerprint density at radius 2 is 2.11 bits per heavy atom. The molecule has 0 spiro atoms. The van der Waals surface area contributed by atoms with Gasteiger partial charge in [-0.15, -0.1) is 0 Å². The van der Waals surface area contributed by atoms with Crippen LogP contribution < -0.4 is 0 Å². The smallest absolute Gasteiger partial charge is 0.308 e. The van der Waals surface area contributed by atoms with Crippen molar-refractivity contribution < 1.29 is 15.0 Å². The third-order valence-electron chi connectivity index (χ3n) is 2.49. The molecule has 0 radical (unpaired) electrons. The second kappa shape index (κ2) is 5.34. The predicted molar refractivity (Wildman–Crippen MR) is 70.4 cm³/mol. The van der Waals surface area contributed by atoms with E-state index in [0.717, 1.165) is 0 Å². The van der Waals surface area contributed by atoms with Gasteiger partial charge in [-0.05, 0) is 19.1 Å². The molecule has 6 heteroatoms. The Balaban J connectivity index is 2.35. The van der Waals surface area contributed by atoms with Crippen molar-refractivity contribution in [2.75, 3.05) is 0 Å². The molecule has 0 aliphatic heterocycles. The summed E-state index contributed by atoms with van der Waals surface area (Å²) in [5.41, 5.74) is 1.52. The van der Waals surface area contributed by atoms with Crippen molar-refractivity contribution in [3.8, 4) is 11.6 Å². The number of aromatic hydroxyl groups is 1. The third kappa shape index (κ3) is 2.79. The molecule has 0 aliphatic rings. The molecule has 0 atom stereocenters. The SMILES string of the molecule is Cc1nn(-c2ccccc2)c(O)c1/N=C/CC(=O)O. The van der Waals surface area contributed by atoms with Crippen LogP contribution in [0.3, 0.4) is 0 Å². The maximum absolute atomic E-state index is 10.4. The highest BCUT2D eigenvalue weighted by atomic mass is 16.4. The summed E-state index contributed by atoms with van der Waals surface area (Å²) in [5.74, 6) is -1.08. The number of rotatable bonds is 4. The lowest BCUT2D eigenvalue weighted by atomic mass is 10.3. The third-order valence-corrected chi connectivity index (χ3v) is 2.49. The summed E-state index contributed by atoms with van der Waals surface area (Å²) in [4.78, 5) is 14.4. The topological polar surface area (TPSA) is 87.7 Å². The summed E-state index contributed by atoms with van der Waals surface area (Å²) in [5, 5.41) is 22.8. The lowest BCUT2D eigenvalue weighted by Gasteiger charge is -2.01. The molecule has 2 N–H and O–H groups in total. The number of aryl methyl sites for hydroxylation is 1. The first-order chi connectivity index (χ1) is 9.09. The van der Waals surface area contributed by atoms with Crippen LogP contribution in [0.2, 0.25) is 0 Å². The van der Waals surface area contributed by atoms with Gasteiger partial charge in [0.05, 0.1) is 17.8 Å². The Labute approximate surface area is 109 Å². The van der Waals surface area contributed by atoms with Gasteiger partial charge >= 0.3 is 5.97 Å². The molecule has 0 unspecified atom stereocenters. The fourth-order valence-electron chi connectivity index (χ4n) is 1.62. The number of carbonyl (C=O) groups is 1. The molecule has 98 valence electrons. The van der Waals surface area contributed by atoms with Gasteiger partial charge in [0, 0.05) is 6.21 Å². The zero-order valence-corrected chi connectivity index (χ0v) is 10.3. The molecule has 0 saturated carbocycles. The van der Waals surface area contributed by atoms with Gasteiger partial charge in [-0.2, -0.15) is 9.78 Å². The van der Waals surface area contributed by atoms with E-state index in [-0.39, 0.29) is 18.0 Å². The van der Waals surface area contributed by atoms with Crippen LogP contribution in [0.1, 0.15) is 12.1 Å². The van der Waals surface area contributed by atoms with E-state index in [1.165, 1.54) is 10.9 Å². The zero-order chi connectivity index (χ0) is 13.8. The number of para-hydroxylation sites is 1. The Kier molecular flexibility index (Phi) is 3.61. The lowest BCUT2D eigenvalue weighted by molar-refractivity contribution is -0.135. The van der Waals surface area contributed by atoms with Crippen LogP contribution in [0, 0.1) is 6.92 Å². The Hall–Kier alpha value is -2.63. The number of nitrogens with zero attached hydrogens (tertiary/aromatic N) is 3. The molecule has 1 aromatic carbocycles. The number of benzene rings is 1. The number of carboxylic acids is 1. The maximum atomic E-state index is 10.4. The van der Waals surface area contributed by atoms with Crippen LogP contribution in [0.25, 0.3) is 5.69 Å².